The lowest BCUT2D eigenvalue weighted by atomic mass is 10.1. The van der Waals surface area contributed by atoms with Crippen molar-refractivity contribution in [1.29, 1.82) is 0 Å². The third-order valence-electron chi connectivity index (χ3n) is 5.26. The molecule has 1 aliphatic heterocycles. The molecule has 2 heterocycles. The summed E-state index contributed by atoms with van der Waals surface area (Å²) in [4.78, 5) is 9.60. The molecule has 0 unspecified atom stereocenters. The van der Waals surface area contributed by atoms with Crippen molar-refractivity contribution in [3.05, 3.63) is 65.2 Å². The van der Waals surface area contributed by atoms with Gasteiger partial charge in [0.25, 0.3) is 11.8 Å². The van der Waals surface area contributed by atoms with E-state index in [9.17, 15) is 8.78 Å². The van der Waals surface area contributed by atoms with E-state index in [0.717, 1.165) is 18.1 Å². The predicted octanol–water partition coefficient (Wildman–Crippen LogP) is 6.75. The second kappa shape index (κ2) is 13.4. The van der Waals surface area contributed by atoms with Crippen molar-refractivity contribution in [2.75, 3.05) is 20.3 Å². The van der Waals surface area contributed by atoms with Crippen molar-refractivity contribution in [2.24, 2.45) is 0 Å². The number of halogens is 3. The highest BCUT2D eigenvalue weighted by atomic mass is 35.5. The van der Waals surface area contributed by atoms with Crippen LogP contribution in [0, 0.1) is 0 Å². The van der Waals surface area contributed by atoms with Crippen LogP contribution in [0.25, 0.3) is 5.70 Å². The summed E-state index contributed by atoms with van der Waals surface area (Å²) < 4.78 is 43.4. The van der Waals surface area contributed by atoms with E-state index >= 15 is 0 Å². The van der Waals surface area contributed by atoms with Gasteiger partial charge in [-0.2, -0.15) is 4.98 Å². The van der Waals surface area contributed by atoms with Crippen LogP contribution in [0.2, 0.25) is 5.28 Å². The van der Waals surface area contributed by atoms with Crippen molar-refractivity contribution >= 4 is 17.3 Å². The molecule has 0 radical (unpaired) electrons. The van der Waals surface area contributed by atoms with Gasteiger partial charge in [0.2, 0.25) is 11.0 Å². The molecule has 2 aromatic rings. The number of rotatable bonds is 10. The smallest absolute Gasteiger partial charge is 0.268 e. The summed E-state index contributed by atoms with van der Waals surface area (Å²) in [6.07, 6.45) is 5.44. The molecule has 6 nitrogen and oxygen atoms in total. The molecular weight excluding hydrogens is 476 g/mol. The second-order valence-electron chi connectivity index (χ2n) is 8.33. The predicted molar refractivity (Wildman–Crippen MR) is 135 cm³/mol. The summed E-state index contributed by atoms with van der Waals surface area (Å²) in [5.41, 5.74) is 2.22. The molecule has 1 saturated heterocycles. The molecule has 0 saturated carbocycles. The maximum atomic E-state index is 13.4. The molecule has 35 heavy (non-hydrogen) atoms. The molecule has 0 N–H and O–H groups in total. The maximum absolute atomic E-state index is 13.4. The van der Waals surface area contributed by atoms with Gasteiger partial charge in [-0.3, -0.25) is 0 Å². The lowest BCUT2D eigenvalue weighted by Gasteiger charge is -2.27. The Morgan fingerprint density at radius 1 is 1.26 bits per heavy atom. The first-order valence-corrected chi connectivity index (χ1v) is 11.9. The van der Waals surface area contributed by atoms with Gasteiger partial charge in [-0.1, -0.05) is 57.5 Å². The van der Waals surface area contributed by atoms with E-state index in [1.807, 2.05) is 24.3 Å². The van der Waals surface area contributed by atoms with Crippen molar-refractivity contribution < 1.29 is 23.0 Å². The van der Waals surface area contributed by atoms with Crippen LogP contribution in [0.5, 0.6) is 11.6 Å². The van der Waals surface area contributed by atoms with Crippen LogP contribution in [0.1, 0.15) is 51.7 Å². The molecule has 0 spiro atoms. The fourth-order valence-corrected chi connectivity index (χ4v) is 2.74. The zero-order valence-electron chi connectivity index (χ0n) is 21.0. The van der Waals surface area contributed by atoms with Gasteiger partial charge in [0, 0.05) is 31.4 Å². The SMILES string of the molecule is C=C(c1ccc(COc2nc(Cl)ncc2OC2COC2)cc1)N(C)/C=C(\C)C(C)(F)F.CCCC. The molecule has 9 heteroatoms. The number of hydrogen-bond donors (Lipinski definition) is 0. The Labute approximate surface area is 211 Å². The van der Waals surface area contributed by atoms with Gasteiger partial charge in [0.1, 0.15) is 12.7 Å². The largest absolute Gasteiger partial charge is 0.478 e. The highest BCUT2D eigenvalue weighted by Crippen LogP contribution is 2.29. The number of nitrogens with zero attached hydrogens (tertiary/aromatic N) is 3. The van der Waals surface area contributed by atoms with Crippen LogP contribution < -0.4 is 9.47 Å². The van der Waals surface area contributed by atoms with Gasteiger partial charge in [-0.25, -0.2) is 13.8 Å². The van der Waals surface area contributed by atoms with E-state index in [-0.39, 0.29) is 29.4 Å². The van der Waals surface area contributed by atoms with Gasteiger partial charge in [-0.15, -0.1) is 0 Å². The average Bonchev–Trinajstić information content (AvgIpc) is 2.80. The number of benzene rings is 1. The Hall–Kier alpha value is -2.71. The molecule has 192 valence electrons. The number of unbranched alkanes of at least 4 members (excludes halogenated alkanes) is 1. The van der Waals surface area contributed by atoms with Crippen molar-refractivity contribution in [1.82, 2.24) is 14.9 Å². The first-order valence-electron chi connectivity index (χ1n) is 11.5. The zero-order chi connectivity index (χ0) is 26.0. The van der Waals surface area contributed by atoms with Crippen LogP contribution >= 0.6 is 11.6 Å². The Kier molecular flexibility index (Phi) is 10.9. The van der Waals surface area contributed by atoms with Crippen LogP contribution in [0.4, 0.5) is 8.78 Å². The van der Waals surface area contributed by atoms with Gasteiger partial charge in [0.05, 0.1) is 19.4 Å². The molecule has 1 fully saturated rings. The van der Waals surface area contributed by atoms with Gasteiger partial charge in [0.15, 0.2) is 0 Å². The standard InChI is InChI=1S/C22H24ClF2N3O3.C4H10/c1-14(22(3,24)25)10-28(4)15(2)17-7-5-16(6-8-17)11-30-20-19(9-26-21(23)27-20)31-18-12-29-13-18;1-3-4-2/h5-10,18H,2,11-13H2,1,3-4H3;3-4H2,1-2H3/b14-10+;. The topological polar surface area (TPSA) is 56.7 Å². The second-order valence-corrected chi connectivity index (χ2v) is 8.67. The lowest BCUT2D eigenvalue weighted by molar-refractivity contribution is -0.0808. The minimum Gasteiger partial charge on any atom is -0.478 e. The van der Waals surface area contributed by atoms with Crippen molar-refractivity contribution in [3.8, 4) is 11.6 Å². The van der Waals surface area contributed by atoms with Crippen molar-refractivity contribution in [3.63, 3.8) is 0 Å². The highest BCUT2D eigenvalue weighted by molar-refractivity contribution is 6.28. The third kappa shape index (κ3) is 9.11. The normalized spacial score (nSPS) is 13.9. The van der Waals surface area contributed by atoms with Gasteiger partial charge < -0.3 is 19.1 Å². The third-order valence-corrected chi connectivity index (χ3v) is 5.44. The molecular formula is C26H34ClF2N3O3. The van der Waals surface area contributed by atoms with Crippen LogP contribution in [-0.4, -0.2) is 47.2 Å². The Morgan fingerprint density at radius 3 is 2.40 bits per heavy atom. The fourth-order valence-electron chi connectivity index (χ4n) is 2.61. The molecule has 1 aromatic carbocycles. The van der Waals surface area contributed by atoms with E-state index in [2.05, 4.69) is 30.4 Å². The zero-order valence-corrected chi connectivity index (χ0v) is 21.7. The van der Waals surface area contributed by atoms with Crippen LogP contribution in [0.3, 0.4) is 0 Å². The Balaban J connectivity index is 0.00000100. The fraction of sp³-hybridized carbons (Fsp3) is 0.462. The molecule has 0 atom stereocenters. The first kappa shape index (κ1) is 28.5. The number of alkyl halides is 2. The highest BCUT2D eigenvalue weighted by Gasteiger charge is 2.24. The van der Waals surface area contributed by atoms with Crippen molar-refractivity contribution in [2.45, 2.75) is 59.2 Å². The molecule has 0 amide bonds. The maximum Gasteiger partial charge on any atom is 0.268 e. The molecule has 1 aliphatic rings. The quantitative estimate of drug-likeness (QED) is 0.330. The number of allylic oxidation sites excluding steroid dienone is 1. The van der Waals surface area contributed by atoms with Crippen LogP contribution in [0.15, 0.2) is 48.8 Å². The van der Waals surface area contributed by atoms with E-state index < -0.39 is 5.92 Å². The summed E-state index contributed by atoms with van der Waals surface area (Å²) in [5, 5.41) is 0.0582. The lowest BCUT2D eigenvalue weighted by Crippen LogP contribution is -2.38. The average molecular weight is 510 g/mol. The van der Waals surface area contributed by atoms with Gasteiger partial charge >= 0.3 is 0 Å². The first-order chi connectivity index (χ1) is 16.5. The van der Waals surface area contributed by atoms with E-state index in [1.54, 1.807) is 11.9 Å². The van der Waals surface area contributed by atoms with Crippen LogP contribution in [-0.2, 0) is 11.3 Å². The number of hydrogen-bond acceptors (Lipinski definition) is 6. The molecule has 0 bridgehead atoms. The summed E-state index contributed by atoms with van der Waals surface area (Å²) in [6.45, 7) is 11.9. The Morgan fingerprint density at radius 2 is 1.89 bits per heavy atom. The summed E-state index contributed by atoms with van der Waals surface area (Å²) in [5.74, 6) is -2.23. The minimum absolute atomic E-state index is 0.0452. The van der Waals surface area contributed by atoms with E-state index in [0.29, 0.717) is 24.7 Å². The number of aromatic nitrogens is 2. The molecule has 3 rings (SSSR count). The summed E-state index contributed by atoms with van der Waals surface area (Å²) >= 11 is 5.88. The van der Waals surface area contributed by atoms with Gasteiger partial charge in [-0.05, 0) is 29.7 Å². The summed E-state index contributed by atoms with van der Waals surface area (Å²) in [6, 6.07) is 7.42. The van der Waals surface area contributed by atoms with E-state index in [4.69, 9.17) is 25.8 Å². The van der Waals surface area contributed by atoms with E-state index in [1.165, 1.54) is 32.2 Å². The minimum atomic E-state index is -2.88. The molecule has 0 aliphatic carbocycles. The monoisotopic (exact) mass is 509 g/mol. The molecule has 1 aromatic heterocycles. The summed E-state index contributed by atoms with van der Waals surface area (Å²) in [7, 11) is 1.68. The number of ether oxygens (including phenoxy) is 3. The Bertz CT molecular complexity index is 988.